The van der Waals surface area contributed by atoms with E-state index in [0.717, 1.165) is 0 Å². The van der Waals surface area contributed by atoms with Gasteiger partial charge in [-0.1, -0.05) is 11.6 Å². The second-order valence-electron chi connectivity index (χ2n) is 4.40. The summed E-state index contributed by atoms with van der Waals surface area (Å²) in [4.78, 5) is 20.7. The van der Waals surface area contributed by atoms with Crippen molar-refractivity contribution in [3.8, 4) is 0 Å². The zero-order chi connectivity index (χ0) is 16.6. The van der Waals surface area contributed by atoms with Gasteiger partial charge in [0.05, 0.1) is 14.9 Å². The normalized spacial score (nSPS) is 10.7. The second-order valence-corrected chi connectivity index (χ2v) is 4.81. The summed E-state index contributed by atoms with van der Waals surface area (Å²) in [5, 5.41) is 31.9. The van der Waals surface area contributed by atoms with Crippen molar-refractivity contribution in [1.29, 1.82) is 0 Å². The lowest BCUT2D eigenvalue weighted by Gasteiger charge is -2.07. The number of hydrogen-bond acceptors (Lipinski definition) is 8. The number of nitrogens with zero attached hydrogens (tertiary/aromatic N) is 4. The maximum atomic E-state index is 11.3. The molecular weight excluding hydrogens is 330 g/mol. The van der Waals surface area contributed by atoms with Crippen LogP contribution in [0.2, 0.25) is 5.02 Å². The van der Waals surface area contributed by atoms with Gasteiger partial charge >= 0.3 is 5.69 Å². The van der Waals surface area contributed by atoms with E-state index < -0.39 is 9.85 Å². The molecule has 0 saturated carbocycles. The van der Waals surface area contributed by atoms with Crippen LogP contribution in [0.1, 0.15) is 0 Å². The minimum absolute atomic E-state index is 0.0667. The topological polar surface area (TPSA) is 137 Å². The number of aromatic nitrogens is 2. The first-order valence-electron chi connectivity index (χ1n) is 6.08. The van der Waals surface area contributed by atoms with E-state index in [4.69, 9.17) is 11.6 Å². The van der Waals surface area contributed by atoms with Crippen molar-refractivity contribution in [2.24, 2.45) is 0 Å². The number of halogens is 1. The van der Waals surface area contributed by atoms with E-state index in [2.05, 4.69) is 20.3 Å². The van der Waals surface area contributed by atoms with Crippen molar-refractivity contribution in [2.45, 2.75) is 0 Å². The first kappa shape index (κ1) is 14.7. The van der Waals surface area contributed by atoms with E-state index in [1.807, 2.05) is 0 Å². The number of rotatable bonds is 4. The number of benzene rings is 2. The molecule has 0 amide bonds. The summed E-state index contributed by atoms with van der Waals surface area (Å²) in [7, 11) is 0. The Kier molecular flexibility index (Phi) is 3.50. The van der Waals surface area contributed by atoms with Gasteiger partial charge in [-0.2, -0.15) is 0 Å². The summed E-state index contributed by atoms with van der Waals surface area (Å²) in [5.74, 6) is 0. The van der Waals surface area contributed by atoms with Crippen LogP contribution >= 0.6 is 11.6 Å². The number of nitro benzene ring substituents is 2. The molecule has 23 heavy (non-hydrogen) atoms. The van der Waals surface area contributed by atoms with Crippen LogP contribution in [0, 0.1) is 20.2 Å². The molecule has 0 fully saturated rings. The molecule has 3 aromatic rings. The second kappa shape index (κ2) is 5.50. The Morgan fingerprint density at radius 1 is 1.04 bits per heavy atom. The zero-order valence-electron chi connectivity index (χ0n) is 11.1. The Balaban J connectivity index is 2.07. The monoisotopic (exact) mass is 335 g/mol. The predicted molar refractivity (Wildman–Crippen MR) is 79.8 cm³/mol. The van der Waals surface area contributed by atoms with E-state index in [0.29, 0.717) is 5.69 Å². The van der Waals surface area contributed by atoms with Crippen molar-refractivity contribution in [1.82, 2.24) is 10.3 Å². The molecule has 10 nitrogen and oxygen atoms in total. The van der Waals surface area contributed by atoms with E-state index in [1.54, 1.807) is 0 Å². The molecule has 0 spiro atoms. The Morgan fingerprint density at radius 2 is 1.70 bits per heavy atom. The Labute approximate surface area is 131 Å². The summed E-state index contributed by atoms with van der Waals surface area (Å²) in [6.07, 6.45) is 0. The van der Waals surface area contributed by atoms with Gasteiger partial charge in [-0.15, -0.1) is 0 Å². The fourth-order valence-electron chi connectivity index (χ4n) is 1.99. The summed E-state index contributed by atoms with van der Waals surface area (Å²) in [6.45, 7) is 0. The van der Waals surface area contributed by atoms with Gasteiger partial charge in [-0.25, -0.2) is 4.63 Å². The Hall–Kier alpha value is -3.27. The standard InChI is InChI=1S/C12H6ClN5O5/c13-8-5-9(12(18(21)22)11-10(8)15-23-16-11)14-6-1-3-7(4-2-6)17(19)20/h1-5,14H. The van der Waals surface area contributed by atoms with Crippen molar-refractivity contribution in [2.75, 3.05) is 5.32 Å². The highest BCUT2D eigenvalue weighted by Crippen LogP contribution is 2.37. The highest BCUT2D eigenvalue weighted by atomic mass is 35.5. The molecule has 0 bridgehead atoms. The Morgan fingerprint density at radius 3 is 2.30 bits per heavy atom. The molecule has 0 aliphatic carbocycles. The summed E-state index contributed by atoms with van der Waals surface area (Å²) in [6, 6.07) is 6.69. The lowest BCUT2D eigenvalue weighted by atomic mass is 10.2. The van der Waals surface area contributed by atoms with Crippen LogP contribution in [0.3, 0.4) is 0 Å². The third-order valence-electron chi connectivity index (χ3n) is 3.00. The van der Waals surface area contributed by atoms with Crippen LogP contribution in [0.4, 0.5) is 22.7 Å². The molecule has 2 aromatic carbocycles. The first-order valence-corrected chi connectivity index (χ1v) is 6.46. The largest absolute Gasteiger partial charge is 0.350 e. The summed E-state index contributed by atoms with van der Waals surface area (Å²) < 4.78 is 4.49. The minimum Gasteiger partial charge on any atom is -0.350 e. The molecule has 0 unspecified atom stereocenters. The number of non-ortho nitro benzene ring substituents is 1. The highest BCUT2D eigenvalue weighted by molar-refractivity contribution is 6.35. The van der Waals surface area contributed by atoms with Gasteiger partial charge in [0, 0.05) is 17.8 Å². The van der Waals surface area contributed by atoms with E-state index in [-0.39, 0.29) is 33.1 Å². The lowest BCUT2D eigenvalue weighted by Crippen LogP contribution is -1.99. The molecule has 0 aliphatic heterocycles. The summed E-state index contributed by atoms with van der Waals surface area (Å²) in [5.41, 5.74) is 0.00499. The predicted octanol–water partition coefficient (Wildman–Crippen LogP) is 3.44. The van der Waals surface area contributed by atoms with Crippen LogP contribution in [0.15, 0.2) is 35.0 Å². The van der Waals surface area contributed by atoms with Gasteiger partial charge in [0.15, 0.2) is 5.52 Å². The molecule has 3 rings (SSSR count). The Bertz CT molecular complexity index is 923. The fraction of sp³-hybridized carbons (Fsp3) is 0. The number of anilines is 2. The first-order chi connectivity index (χ1) is 11.0. The van der Waals surface area contributed by atoms with E-state index >= 15 is 0 Å². The highest BCUT2D eigenvalue weighted by Gasteiger charge is 2.25. The molecule has 116 valence electrons. The molecule has 0 radical (unpaired) electrons. The molecule has 1 aromatic heterocycles. The number of fused-ring (bicyclic) bond motifs is 1. The number of nitro groups is 2. The van der Waals surface area contributed by atoms with Gasteiger partial charge in [0.2, 0.25) is 5.52 Å². The average Bonchev–Trinajstić information content (AvgIpc) is 2.97. The maximum absolute atomic E-state index is 11.3. The average molecular weight is 336 g/mol. The van der Waals surface area contributed by atoms with Crippen molar-refractivity contribution in [3.05, 3.63) is 55.6 Å². The minimum atomic E-state index is -0.642. The molecule has 1 N–H and O–H groups in total. The third-order valence-corrected chi connectivity index (χ3v) is 3.29. The van der Waals surface area contributed by atoms with Gasteiger partial charge in [0.1, 0.15) is 5.69 Å². The van der Waals surface area contributed by atoms with E-state index in [9.17, 15) is 20.2 Å². The molecule has 0 saturated heterocycles. The van der Waals surface area contributed by atoms with Crippen LogP contribution in [-0.4, -0.2) is 20.2 Å². The summed E-state index contributed by atoms with van der Waals surface area (Å²) >= 11 is 6.00. The number of nitrogens with one attached hydrogen (secondary N) is 1. The van der Waals surface area contributed by atoms with Crippen LogP contribution in [0.25, 0.3) is 11.0 Å². The van der Waals surface area contributed by atoms with Crippen LogP contribution in [-0.2, 0) is 0 Å². The maximum Gasteiger partial charge on any atom is 0.324 e. The lowest BCUT2D eigenvalue weighted by molar-refractivity contribution is -0.384. The molecular formula is C12H6ClN5O5. The fourth-order valence-corrected chi connectivity index (χ4v) is 2.23. The van der Waals surface area contributed by atoms with Crippen LogP contribution in [0.5, 0.6) is 0 Å². The third kappa shape index (κ3) is 2.62. The number of hydrogen-bond donors (Lipinski definition) is 1. The van der Waals surface area contributed by atoms with Gasteiger partial charge in [-0.05, 0) is 28.5 Å². The quantitative estimate of drug-likeness (QED) is 0.565. The molecule has 1 heterocycles. The zero-order valence-corrected chi connectivity index (χ0v) is 11.9. The van der Waals surface area contributed by atoms with Crippen LogP contribution < -0.4 is 5.32 Å². The van der Waals surface area contributed by atoms with E-state index in [1.165, 1.54) is 30.3 Å². The molecule has 0 atom stereocenters. The smallest absolute Gasteiger partial charge is 0.324 e. The van der Waals surface area contributed by atoms with Crippen molar-refractivity contribution < 1.29 is 14.5 Å². The molecule has 0 aliphatic rings. The van der Waals surface area contributed by atoms with Gasteiger partial charge in [-0.3, -0.25) is 20.2 Å². The van der Waals surface area contributed by atoms with Crippen molar-refractivity contribution >= 4 is 45.4 Å². The van der Waals surface area contributed by atoms with Gasteiger partial charge in [0.25, 0.3) is 5.69 Å². The van der Waals surface area contributed by atoms with Gasteiger partial charge < -0.3 is 5.32 Å². The van der Waals surface area contributed by atoms with Crippen molar-refractivity contribution in [3.63, 3.8) is 0 Å². The SMILES string of the molecule is O=[N+]([O-])c1ccc(Nc2cc(Cl)c3nonc3c2[N+](=O)[O-])cc1. The molecule has 11 heteroatoms.